The summed E-state index contributed by atoms with van der Waals surface area (Å²) in [5.74, 6) is -0.594. The zero-order chi connectivity index (χ0) is 32.2. The molecule has 0 aliphatic carbocycles. The first kappa shape index (κ1) is 33.1. The van der Waals surface area contributed by atoms with Gasteiger partial charge in [-0.15, -0.1) is 0 Å². The van der Waals surface area contributed by atoms with Crippen LogP contribution in [0.5, 0.6) is 0 Å². The molecule has 44 heavy (non-hydrogen) atoms. The van der Waals surface area contributed by atoms with Gasteiger partial charge in [-0.05, 0) is 96.6 Å². The molecule has 0 saturated carbocycles. The van der Waals surface area contributed by atoms with Gasteiger partial charge in [0.05, 0.1) is 29.6 Å². The van der Waals surface area contributed by atoms with Crippen molar-refractivity contribution in [1.82, 2.24) is 15.3 Å². The summed E-state index contributed by atoms with van der Waals surface area (Å²) < 4.78 is 12.2. The number of pyridine rings is 2. The van der Waals surface area contributed by atoms with Gasteiger partial charge in [-0.1, -0.05) is 32.0 Å². The lowest BCUT2D eigenvalue weighted by Gasteiger charge is -2.41. The average molecular weight is 601 g/mol. The number of carbonyl (C=O) groups excluding carboxylic acids is 2. The van der Waals surface area contributed by atoms with Crippen LogP contribution < -0.4 is 10.2 Å². The second kappa shape index (κ2) is 13.5. The van der Waals surface area contributed by atoms with Crippen LogP contribution in [0.15, 0.2) is 48.7 Å². The zero-order valence-corrected chi connectivity index (χ0v) is 27.8. The molecular weight excluding hydrogens is 552 g/mol. The second-order valence-electron chi connectivity index (χ2n) is 13.7. The van der Waals surface area contributed by atoms with Gasteiger partial charge < -0.3 is 19.7 Å². The van der Waals surface area contributed by atoms with E-state index in [1.807, 2.05) is 90.9 Å². The number of rotatable bonds is 9. The van der Waals surface area contributed by atoms with Gasteiger partial charge in [0, 0.05) is 47.4 Å². The van der Waals surface area contributed by atoms with Gasteiger partial charge in [0.15, 0.2) is 6.10 Å². The number of nitrogens with zero attached hydrogens (tertiary/aromatic N) is 3. The van der Waals surface area contributed by atoms with Gasteiger partial charge >= 0.3 is 5.97 Å². The van der Waals surface area contributed by atoms with E-state index in [2.05, 4.69) is 29.0 Å². The molecule has 0 radical (unpaired) electrons. The summed E-state index contributed by atoms with van der Waals surface area (Å²) in [6.45, 7) is 20.1. The molecule has 2 aromatic heterocycles. The monoisotopic (exact) mass is 600 g/mol. The van der Waals surface area contributed by atoms with E-state index in [4.69, 9.17) is 14.5 Å². The summed E-state index contributed by atoms with van der Waals surface area (Å²) in [6.07, 6.45) is 2.50. The predicted octanol–water partition coefficient (Wildman–Crippen LogP) is 7.12. The van der Waals surface area contributed by atoms with Crippen LogP contribution in [0.4, 0.5) is 5.69 Å². The van der Waals surface area contributed by atoms with Crippen LogP contribution in [0.25, 0.3) is 11.1 Å². The maximum atomic E-state index is 13.7. The molecule has 1 saturated heterocycles. The highest BCUT2D eigenvalue weighted by molar-refractivity contribution is 5.95. The third-order valence-electron chi connectivity index (χ3n) is 7.90. The van der Waals surface area contributed by atoms with Gasteiger partial charge in [0.25, 0.3) is 5.91 Å². The molecule has 8 nitrogen and oxygen atoms in total. The van der Waals surface area contributed by atoms with E-state index >= 15 is 0 Å². The summed E-state index contributed by atoms with van der Waals surface area (Å²) in [7, 11) is 0. The van der Waals surface area contributed by atoms with Crippen molar-refractivity contribution in [3.63, 3.8) is 0 Å². The van der Waals surface area contributed by atoms with Gasteiger partial charge in [-0.3, -0.25) is 14.8 Å². The van der Waals surface area contributed by atoms with Crippen LogP contribution in [0.3, 0.4) is 0 Å². The summed E-state index contributed by atoms with van der Waals surface area (Å²) in [5.41, 5.74) is 6.11. The Morgan fingerprint density at radius 3 is 2.23 bits per heavy atom. The van der Waals surface area contributed by atoms with E-state index in [1.54, 1.807) is 6.20 Å². The number of benzene rings is 1. The molecule has 1 aliphatic rings. The van der Waals surface area contributed by atoms with Crippen molar-refractivity contribution in [3.8, 4) is 11.1 Å². The van der Waals surface area contributed by atoms with Gasteiger partial charge in [0.2, 0.25) is 0 Å². The van der Waals surface area contributed by atoms with E-state index in [0.29, 0.717) is 12.1 Å². The highest BCUT2D eigenvalue weighted by Gasteiger charge is 2.37. The highest BCUT2D eigenvalue weighted by atomic mass is 16.6. The number of anilines is 1. The van der Waals surface area contributed by atoms with Crippen molar-refractivity contribution < 1.29 is 19.1 Å². The summed E-state index contributed by atoms with van der Waals surface area (Å²) in [4.78, 5) is 38.3. The van der Waals surface area contributed by atoms with Crippen LogP contribution >= 0.6 is 0 Å². The standard InChI is InChI=1S/C36H48N4O4/c1-23(2)43-34(42)32(44-35(5,6)7)30-25(4)39-24(3)29(31(30)40-20-17-36(8,9)18-21-40)26-13-15-27(16-14-26)33(41)38-22-28-12-10-11-19-37-28/h10-16,19,23,32H,17-18,20-22H2,1-9H3,(H,38,41)/t32-/m0/s1. The molecule has 1 fully saturated rings. The molecule has 3 heterocycles. The Balaban J connectivity index is 1.80. The number of amides is 1. The van der Waals surface area contributed by atoms with Gasteiger partial charge in [-0.2, -0.15) is 0 Å². The summed E-state index contributed by atoms with van der Waals surface area (Å²) in [6, 6.07) is 13.2. The van der Waals surface area contributed by atoms with Gasteiger partial charge in [-0.25, -0.2) is 4.79 Å². The summed E-state index contributed by atoms with van der Waals surface area (Å²) in [5, 5.41) is 2.95. The normalized spacial score (nSPS) is 15.6. The number of aromatic nitrogens is 2. The van der Waals surface area contributed by atoms with Crippen molar-refractivity contribution in [3.05, 3.63) is 76.9 Å². The third-order valence-corrected chi connectivity index (χ3v) is 7.90. The molecule has 8 heteroatoms. The number of hydrogen-bond donors (Lipinski definition) is 1. The molecule has 0 unspecified atom stereocenters. The van der Waals surface area contributed by atoms with Crippen LogP contribution in [0.2, 0.25) is 0 Å². The Morgan fingerprint density at radius 1 is 1.00 bits per heavy atom. The number of esters is 1. The van der Waals surface area contributed by atoms with Crippen molar-refractivity contribution in [1.29, 1.82) is 0 Å². The molecule has 236 valence electrons. The fourth-order valence-electron chi connectivity index (χ4n) is 5.61. The average Bonchev–Trinajstić information content (AvgIpc) is 2.94. The quantitative estimate of drug-likeness (QED) is 0.261. The molecule has 1 N–H and O–H groups in total. The molecule has 0 spiro atoms. The number of hydrogen-bond acceptors (Lipinski definition) is 7. The molecule has 4 rings (SSSR count). The number of aryl methyl sites for hydroxylation is 2. The molecule has 3 aromatic rings. The number of nitrogens with one attached hydrogen (secondary N) is 1. The van der Waals surface area contributed by atoms with Crippen molar-refractivity contribution >= 4 is 17.6 Å². The number of piperidine rings is 1. The fraction of sp³-hybridized carbons (Fsp3) is 0.500. The van der Waals surface area contributed by atoms with Crippen molar-refractivity contribution in [2.24, 2.45) is 5.41 Å². The second-order valence-corrected chi connectivity index (χ2v) is 13.7. The van der Waals surface area contributed by atoms with E-state index in [-0.39, 0.29) is 17.4 Å². The van der Waals surface area contributed by atoms with E-state index < -0.39 is 17.7 Å². The maximum Gasteiger partial charge on any atom is 0.340 e. The lowest BCUT2D eigenvalue weighted by molar-refractivity contribution is -0.171. The minimum absolute atomic E-state index is 0.171. The van der Waals surface area contributed by atoms with E-state index in [9.17, 15) is 9.59 Å². The third kappa shape index (κ3) is 8.23. The first-order valence-corrected chi connectivity index (χ1v) is 15.6. The van der Waals surface area contributed by atoms with Crippen molar-refractivity contribution in [2.45, 2.75) is 99.5 Å². The molecule has 0 bridgehead atoms. The SMILES string of the molecule is Cc1nc(C)c([C@H](OC(C)(C)C)C(=O)OC(C)C)c(N2CCC(C)(C)CC2)c1-c1ccc(C(=O)NCc2ccccn2)cc1. The lowest BCUT2D eigenvalue weighted by Crippen LogP contribution is -2.39. The smallest absolute Gasteiger partial charge is 0.340 e. The zero-order valence-electron chi connectivity index (χ0n) is 27.8. The van der Waals surface area contributed by atoms with Crippen LogP contribution in [-0.4, -0.2) is 46.6 Å². The largest absolute Gasteiger partial charge is 0.461 e. The molecule has 1 aromatic carbocycles. The van der Waals surface area contributed by atoms with Gasteiger partial charge in [0.1, 0.15) is 0 Å². The van der Waals surface area contributed by atoms with Crippen LogP contribution in [0.1, 0.15) is 100 Å². The van der Waals surface area contributed by atoms with E-state index in [0.717, 1.165) is 65.4 Å². The maximum absolute atomic E-state index is 13.7. The Kier molecular flexibility index (Phi) is 10.1. The minimum Gasteiger partial charge on any atom is -0.461 e. The number of ether oxygens (including phenoxy) is 2. The Hall–Kier alpha value is -3.78. The van der Waals surface area contributed by atoms with Crippen LogP contribution in [-0.2, 0) is 20.8 Å². The summed E-state index contributed by atoms with van der Waals surface area (Å²) >= 11 is 0. The molecule has 1 aliphatic heterocycles. The number of carbonyl (C=O) groups is 2. The topological polar surface area (TPSA) is 93.7 Å². The predicted molar refractivity (Wildman–Crippen MR) is 175 cm³/mol. The fourth-order valence-corrected chi connectivity index (χ4v) is 5.61. The molecule has 1 amide bonds. The molecular formula is C36H48N4O4. The Labute approximate surface area is 262 Å². The minimum atomic E-state index is -0.953. The first-order valence-electron chi connectivity index (χ1n) is 15.6. The highest BCUT2D eigenvalue weighted by Crippen LogP contribution is 2.45. The van der Waals surface area contributed by atoms with Crippen LogP contribution in [0, 0.1) is 19.3 Å². The van der Waals surface area contributed by atoms with Crippen molar-refractivity contribution in [2.75, 3.05) is 18.0 Å². The first-order chi connectivity index (χ1) is 20.6. The van der Waals surface area contributed by atoms with E-state index in [1.165, 1.54) is 0 Å². The lowest BCUT2D eigenvalue weighted by atomic mass is 9.81. The molecule has 1 atom stereocenters. The Bertz CT molecular complexity index is 1450. The Morgan fingerprint density at radius 2 is 1.66 bits per heavy atom.